The molecule has 0 aliphatic heterocycles. The molecule has 2 heterocycles. The Morgan fingerprint density at radius 3 is 1.66 bits per heavy atom. The van der Waals surface area contributed by atoms with E-state index in [9.17, 15) is 5.26 Å². The molecule has 0 N–H and O–H groups in total. The maximum absolute atomic E-state index is 9.64. The number of fused-ring (bicyclic) bond motifs is 3. The van der Waals surface area contributed by atoms with Gasteiger partial charge in [0.05, 0.1) is 11.6 Å². The second-order valence-corrected chi connectivity index (χ2v) is 13.9. The smallest absolute Gasteiger partial charge is 0.164 e. The van der Waals surface area contributed by atoms with E-state index in [1.54, 1.807) is 6.20 Å². The van der Waals surface area contributed by atoms with Gasteiger partial charge in [-0.15, -0.1) is 0 Å². The van der Waals surface area contributed by atoms with Gasteiger partial charge in [-0.2, -0.15) is 5.26 Å². The molecule has 0 bridgehead atoms. The van der Waals surface area contributed by atoms with Crippen LogP contribution in [0.2, 0.25) is 0 Å². The van der Waals surface area contributed by atoms with E-state index in [0.29, 0.717) is 23.0 Å². The summed E-state index contributed by atoms with van der Waals surface area (Å²) in [5, 5.41) is 9.64. The molecule has 1 aliphatic carbocycles. The van der Waals surface area contributed by atoms with E-state index < -0.39 is 0 Å². The fraction of sp³-hybridized carbons (Fsp3) is 0.0625. The molecule has 8 aromatic rings. The first-order valence-corrected chi connectivity index (χ1v) is 17.7. The minimum absolute atomic E-state index is 0.265. The Morgan fingerprint density at radius 2 is 0.962 bits per heavy atom. The molecule has 0 saturated carbocycles. The summed E-state index contributed by atoms with van der Waals surface area (Å²) < 4.78 is 0. The standard InChI is InChI=1S/C48H33N5/c1-48(2)43-23-31(29-49)18-20-41(43)42-21-19-35(28-44(42)48)38-25-39(37-17-10-22-50-30-37)27-40(26-38)47-52-45(33-13-7-4-8-14-33)51-46(53-47)36-16-9-15-34(24-36)32-11-5-3-6-12-32/h3-28,30H,1-2H3. The molecule has 0 saturated heterocycles. The predicted molar refractivity (Wildman–Crippen MR) is 213 cm³/mol. The van der Waals surface area contributed by atoms with Gasteiger partial charge in [0.15, 0.2) is 17.5 Å². The van der Waals surface area contributed by atoms with Gasteiger partial charge in [-0.3, -0.25) is 4.98 Å². The van der Waals surface area contributed by atoms with Gasteiger partial charge in [0, 0.05) is 40.1 Å². The largest absolute Gasteiger partial charge is 0.264 e. The predicted octanol–water partition coefficient (Wildman–Crippen LogP) is 11.4. The van der Waals surface area contributed by atoms with Gasteiger partial charge in [-0.25, -0.2) is 15.0 Å². The van der Waals surface area contributed by atoms with Crippen molar-refractivity contribution in [1.29, 1.82) is 5.26 Å². The highest BCUT2D eigenvalue weighted by molar-refractivity contribution is 5.86. The van der Waals surface area contributed by atoms with Gasteiger partial charge in [-0.1, -0.05) is 117 Å². The van der Waals surface area contributed by atoms with Crippen LogP contribution in [0, 0.1) is 11.3 Å². The van der Waals surface area contributed by atoms with E-state index >= 15 is 0 Å². The van der Waals surface area contributed by atoms with Crippen molar-refractivity contribution in [3.8, 4) is 84.7 Å². The molecule has 250 valence electrons. The molecule has 5 heteroatoms. The molecule has 0 atom stereocenters. The van der Waals surface area contributed by atoms with Crippen LogP contribution in [0.1, 0.15) is 30.5 Å². The maximum Gasteiger partial charge on any atom is 0.164 e. The highest BCUT2D eigenvalue weighted by atomic mass is 15.0. The molecule has 53 heavy (non-hydrogen) atoms. The fourth-order valence-corrected chi connectivity index (χ4v) is 7.43. The lowest BCUT2D eigenvalue weighted by Gasteiger charge is -2.22. The highest BCUT2D eigenvalue weighted by Crippen LogP contribution is 2.50. The number of nitrogens with zero attached hydrogens (tertiary/aromatic N) is 5. The average Bonchev–Trinajstić information content (AvgIpc) is 3.46. The molecule has 9 rings (SSSR count). The maximum atomic E-state index is 9.64. The van der Waals surface area contributed by atoms with Crippen molar-refractivity contribution in [2.24, 2.45) is 0 Å². The Labute approximate surface area is 309 Å². The van der Waals surface area contributed by atoms with Crippen molar-refractivity contribution < 1.29 is 0 Å². The van der Waals surface area contributed by atoms with E-state index in [0.717, 1.165) is 50.1 Å². The van der Waals surface area contributed by atoms with Crippen molar-refractivity contribution in [3.63, 3.8) is 0 Å². The number of rotatable bonds is 6. The van der Waals surface area contributed by atoms with Gasteiger partial charge in [0.2, 0.25) is 0 Å². The second-order valence-electron chi connectivity index (χ2n) is 13.9. The van der Waals surface area contributed by atoms with Crippen LogP contribution in [0.3, 0.4) is 0 Å². The first kappa shape index (κ1) is 31.9. The lowest BCUT2D eigenvalue weighted by atomic mass is 9.81. The summed E-state index contributed by atoms with van der Waals surface area (Å²) in [6.07, 6.45) is 3.68. The summed E-state index contributed by atoms with van der Waals surface area (Å²) in [6.45, 7) is 4.48. The van der Waals surface area contributed by atoms with Crippen LogP contribution in [-0.4, -0.2) is 19.9 Å². The van der Waals surface area contributed by atoms with Crippen molar-refractivity contribution >= 4 is 0 Å². The zero-order valence-corrected chi connectivity index (χ0v) is 29.3. The molecule has 1 aliphatic rings. The fourth-order valence-electron chi connectivity index (χ4n) is 7.43. The summed E-state index contributed by atoms with van der Waals surface area (Å²) in [5.41, 5.74) is 14.3. The zero-order chi connectivity index (χ0) is 35.9. The average molecular weight is 680 g/mol. The minimum Gasteiger partial charge on any atom is -0.264 e. The van der Waals surface area contributed by atoms with Gasteiger partial charge >= 0.3 is 0 Å². The third-order valence-electron chi connectivity index (χ3n) is 10.2. The SMILES string of the molecule is CC1(C)c2cc(C#N)ccc2-c2ccc(-c3cc(-c4cccnc4)cc(-c4nc(-c5ccccc5)nc(-c5cccc(-c6ccccc6)c5)n4)c3)cc21. The highest BCUT2D eigenvalue weighted by Gasteiger charge is 2.36. The Morgan fingerprint density at radius 1 is 0.434 bits per heavy atom. The second kappa shape index (κ2) is 12.9. The van der Waals surface area contributed by atoms with Crippen molar-refractivity contribution in [2.75, 3.05) is 0 Å². The van der Waals surface area contributed by atoms with Gasteiger partial charge < -0.3 is 0 Å². The van der Waals surface area contributed by atoms with Crippen LogP contribution in [-0.2, 0) is 5.41 Å². The number of nitriles is 1. The van der Waals surface area contributed by atoms with Crippen molar-refractivity contribution in [3.05, 3.63) is 181 Å². The Bertz CT molecular complexity index is 2700. The number of hydrogen-bond donors (Lipinski definition) is 0. The van der Waals surface area contributed by atoms with Crippen LogP contribution in [0.5, 0.6) is 0 Å². The van der Waals surface area contributed by atoms with E-state index in [2.05, 4.69) is 122 Å². The normalized spacial score (nSPS) is 12.5. The van der Waals surface area contributed by atoms with Crippen LogP contribution >= 0.6 is 0 Å². The molecule has 0 spiro atoms. The Hall–Kier alpha value is -7.03. The Balaban J connectivity index is 1.22. The van der Waals surface area contributed by atoms with Crippen molar-refractivity contribution in [2.45, 2.75) is 19.3 Å². The molecule has 0 amide bonds. The van der Waals surface area contributed by atoms with Crippen molar-refractivity contribution in [1.82, 2.24) is 19.9 Å². The summed E-state index contributed by atoms with van der Waals surface area (Å²) >= 11 is 0. The number of benzene rings is 6. The lowest BCUT2D eigenvalue weighted by Crippen LogP contribution is -2.15. The van der Waals surface area contributed by atoms with E-state index in [1.165, 1.54) is 22.3 Å². The van der Waals surface area contributed by atoms with Gasteiger partial charge in [0.25, 0.3) is 0 Å². The van der Waals surface area contributed by atoms with Gasteiger partial charge in [-0.05, 0) is 98.6 Å². The van der Waals surface area contributed by atoms with E-state index in [-0.39, 0.29) is 5.41 Å². The number of pyridine rings is 1. The number of aromatic nitrogens is 4. The summed E-state index contributed by atoms with van der Waals surface area (Å²) in [7, 11) is 0. The van der Waals surface area contributed by atoms with E-state index in [1.807, 2.05) is 60.8 Å². The number of hydrogen-bond acceptors (Lipinski definition) is 5. The van der Waals surface area contributed by atoms with Crippen LogP contribution < -0.4 is 0 Å². The van der Waals surface area contributed by atoms with E-state index in [4.69, 9.17) is 15.0 Å². The minimum atomic E-state index is -0.265. The molecule has 0 fully saturated rings. The van der Waals surface area contributed by atoms with Gasteiger partial charge in [0.1, 0.15) is 0 Å². The van der Waals surface area contributed by atoms with Crippen LogP contribution in [0.4, 0.5) is 0 Å². The zero-order valence-electron chi connectivity index (χ0n) is 29.3. The first-order chi connectivity index (χ1) is 25.9. The topological polar surface area (TPSA) is 75.3 Å². The third kappa shape index (κ3) is 5.87. The summed E-state index contributed by atoms with van der Waals surface area (Å²) in [4.78, 5) is 19.7. The summed E-state index contributed by atoms with van der Waals surface area (Å²) in [6, 6.07) is 54.4. The first-order valence-electron chi connectivity index (χ1n) is 17.7. The third-order valence-corrected chi connectivity index (χ3v) is 10.2. The molecular formula is C48H33N5. The molecule has 0 radical (unpaired) electrons. The lowest BCUT2D eigenvalue weighted by molar-refractivity contribution is 0.660. The molecule has 5 nitrogen and oxygen atoms in total. The molecular weight excluding hydrogens is 647 g/mol. The molecule has 2 aromatic heterocycles. The Kier molecular flexibility index (Phi) is 7.79. The monoisotopic (exact) mass is 679 g/mol. The molecule has 0 unspecified atom stereocenters. The van der Waals surface area contributed by atoms with Crippen LogP contribution in [0.25, 0.3) is 78.7 Å². The summed E-state index contributed by atoms with van der Waals surface area (Å²) in [5.74, 6) is 1.80. The quantitative estimate of drug-likeness (QED) is 0.175. The van der Waals surface area contributed by atoms with Crippen LogP contribution in [0.15, 0.2) is 164 Å². The molecule has 6 aromatic carbocycles.